The average molecular weight is 278 g/mol. The molecule has 5 aliphatic rings. The van der Waals surface area contributed by atoms with Gasteiger partial charge < -0.3 is 5.32 Å². The highest BCUT2D eigenvalue weighted by Crippen LogP contribution is 2.62. The summed E-state index contributed by atoms with van der Waals surface area (Å²) in [5.41, 5.74) is 0.197. The molecule has 0 aromatic heterocycles. The molecule has 1 heterocycles. The molecule has 104 valence electrons. The van der Waals surface area contributed by atoms with Gasteiger partial charge in [0.05, 0.1) is 10.3 Å². The second-order valence-electron chi connectivity index (χ2n) is 7.21. The normalized spacial score (nSPS) is 53.3. The Morgan fingerprint density at radius 1 is 1.32 bits per heavy atom. The van der Waals surface area contributed by atoms with E-state index in [0.717, 1.165) is 29.3 Å². The molecule has 0 spiro atoms. The van der Waals surface area contributed by atoms with E-state index in [1.807, 2.05) is 6.92 Å². The van der Waals surface area contributed by atoms with Crippen molar-refractivity contribution in [1.29, 1.82) is 0 Å². The highest BCUT2D eigenvalue weighted by atomic mass is 32.2. The number of carbonyl (C=O) groups is 1. The van der Waals surface area contributed by atoms with E-state index >= 15 is 0 Å². The molecular formula is C15H22N2OS. The van der Waals surface area contributed by atoms with E-state index in [-0.39, 0.29) is 16.2 Å². The maximum Gasteiger partial charge on any atom is 0.242 e. The maximum absolute atomic E-state index is 12.1. The molecule has 4 heteroatoms. The molecule has 1 amide bonds. The highest BCUT2D eigenvalue weighted by Gasteiger charge is 2.58. The fraction of sp³-hybridized carbons (Fsp3) is 0.867. The Morgan fingerprint density at radius 3 is 2.58 bits per heavy atom. The van der Waals surface area contributed by atoms with Crippen molar-refractivity contribution in [3.8, 4) is 0 Å². The van der Waals surface area contributed by atoms with Crippen molar-refractivity contribution in [3.05, 3.63) is 0 Å². The Kier molecular flexibility index (Phi) is 2.43. The van der Waals surface area contributed by atoms with Gasteiger partial charge in [0, 0.05) is 0 Å². The van der Waals surface area contributed by atoms with Crippen LogP contribution in [-0.4, -0.2) is 21.4 Å². The number of amidine groups is 1. The van der Waals surface area contributed by atoms with Crippen LogP contribution in [0.15, 0.2) is 4.99 Å². The van der Waals surface area contributed by atoms with Gasteiger partial charge in [0.15, 0.2) is 5.17 Å². The first-order valence-corrected chi connectivity index (χ1v) is 8.45. The third-order valence-electron chi connectivity index (χ3n) is 5.97. The standard InChI is InChI=1S/C15H22N2OS/c1-3-14(2)12(18)16-13(19-14)17-15-7-9-4-10(8-15)6-11(15)5-9/h9-11H,3-8H2,1-2H3,(H,16,17,18)/t9-,10+,11?,14?,15?. The average Bonchev–Trinajstić information content (AvgIpc) is 2.85. The van der Waals surface area contributed by atoms with E-state index in [9.17, 15) is 4.79 Å². The van der Waals surface area contributed by atoms with Gasteiger partial charge in [-0.05, 0) is 63.2 Å². The van der Waals surface area contributed by atoms with E-state index in [0.29, 0.717) is 0 Å². The topological polar surface area (TPSA) is 41.5 Å². The van der Waals surface area contributed by atoms with Gasteiger partial charge in [0.25, 0.3) is 0 Å². The number of nitrogens with zero attached hydrogens (tertiary/aromatic N) is 1. The van der Waals surface area contributed by atoms with Crippen LogP contribution in [0.4, 0.5) is 0 Å². The lowest BCUT2D eigenvalue weighted by Gasteiger charge is -2.29. The fourth-order valence-corrected chi connectivity index (χ4v) is 6.02. The van der Waals surface area contributed by atoms with Gasteiger partial charge in [0.1, 0.15) is 0 Å². The smallest absolute Gasteiger partial charge is 0.242 e. The molecular weight excluding hydrogens is 256 g/mol. The number of carbonyl (C=O) groups excluding carboxylic acids is 1. The largest absolute Gasteiger partial charge is 0.304 e. The van der Waals surface area contributed by atoms with E-state index in [2.05, 4.69) is 12.2 Å². The first kappa shape index (κ1) is 12.2. The molecule has 0 aromatic carbocycles. The van der Waals surface area contributed by atoms with E-state index < -0.39 is 0 Å². The predicted octanol–water partition coefficient (Wildman–Crippen LogP) is 2.95. The summed E-state index contributed by atoms with van der Waals surface area (Å²) < 4.78 is -0.300. The summed E-state index contributed by atoms with van der Waals surface area (Å²) in [7, 11) is 0. The molecule has 1 N–H and O–H groups in total. The zero-order valence-corrected chi connectivity index (χ0v) is 12.6. The van der Waals surface area contributed by atoms with Crippen LogP contribution in [0.25, 0.3) is 0 Å². The molecule has 0 aromatic rings. The van der Waals surface area contributed by atoms with Crippen LogP contribution in [0, 0.1) is 17.8 Å². The molecule has 5 rings (SSSR count). The molecule has 0 radical (unpaired) electrons. The summed E-state index contributed by atoms with van der Waals surface area (Å²) in [6.07, 6.45) is 7.63. The van der Waals surface area contributed by atoms with Crippen molar-refractivity contribution in [1.82, 2.24) is 5.32 Å². The minimum absolute atomic E-state index is 0.146. The molecule has 4 bridgehead atoms. The van der Waals surface area contributed by atoms with Gasteiger partial charge in [-0.3, -0.25) is 9.79 Å². The Bertz CT molecular complexity index is 461. The SMILES string of the molecule is CCC1(C)SC(=NC23C[C@@H]4CC2C[C@@H](C4)C3)NC1=O. The fourth-order valence-electron chi connectivity index (χ4n) is 4.94. The van der Waals surface area contributed by atoms with Gasteiger partial charge in [-0.15, -0.1) is 0 Å². The van der Waals surface area contributed by atoms with Crippen molar-refractivity contribution in [2.75, 3.05) is 0 Å². The number of aliphatic imine (C=N–C) groups is 1. The first-order valence-electron chi connectivity index (χ1n) is 7.63. The second-order valence-corrected chi connectivity index (χ2v) is 8.70. The molecule has 4 saturated carbocycles. The predicted molar refractivity (Wildman–Crippen MR) is 78.2 cm³/mol. The van der Waals surface area contributed by atoms with Crippen LogP contribution in [0.1, 0.15) is 52.4 Å². The number of thioether (sulfide) groups is 1. The van der Waals surface area contributed by atoms with Crippen molar-refractivity contribution in [2.24, 2.45) is 22.7 Å². The van der Waals surface area contributed by atoms with Crippen molar-refractivity contribution < 1.29 is 4.79 Å². The lowest BCUT2D eigenvalue weighted by molar-refractivity contribution is -0.121. The van der Waals surface area contributed by atoms with E-state index in [4.69, 9.17) is 4.99 Å². The van der Waals surface area contributed by atoms with Crippen molar-refractivity contribution in [2.45, 2.75) is 62.7 Å². The minimum Gasteiger partial charge on any atom is -0.304 e. The molecule has 1 saturated heterocycles. The highest BCUT2D eigenvalue weighted by molar-refractivity contribution is 8.16. The Morgan fingerprint density at radius 2 is 2.00 bits per heavy atom. The lowest BCUT2D eigenvalue weighted by Crippen LogP contribution is -2.34. The summed E-state index contributed by atoms with van der Waals surface area (Å²) in [4.78, 5) is 17.2. The first-order chi connectivity index (χ1) is 9.03. The molecule has 19 heavy (non-hydrogen) atoms. The number of rotatable bonds is 2. The quantitative estimate of drug-likeness (QED) is 0.843. The van der Waals surface area contributed by atoms with Crippen LogP contribution < -0.4 is 5.32 Å². The molecule has 3 unspecified atom stereocenters. The summed E-state index contributed by atoms with van der Waals surface area (Å²) in [5.74, 6) is 2.78. The number of hydrogen-bond donors (Lipinski definition) is 1. The number of hydrogen-bond acceptors (Lipinski definition) is 3. The van der Waals surface area contributed by atoms with Crippen LogP contribution in [0.3, 0.4) is 0 Å². The van der Waals surface area contributed by atoms with Crippen molar-refractivity contribution >= 4 is 22.8 Å². The Balaban J connectivity index is 1.62. The molecule has 5 fully saturated rings. The number of amides is 1. The Hall–Kier alpha value is -0.510. The zero-order chi connectivity index (χ0) is 13.3. The minimum atomic E-state index is -0.300. The molecule has 3 nitrogen and oxygen atoms in total. The van der Waals surface area contributed by atoms with Crippen LogP contribution in [0.5, 0.6) is 0 Å². The van der Waals surface area contributed by atoms with E-state index in [1.54, 1.807) is 11.8 Å². The van der Waals surface area contributed by atoms with Gasteiger partial charge in [-0.2, -0.15) is 0 Å². The zero-order valence-electron chi connectivity index (χ0n) is 11.7. The van der Waals surface area contributed by atoms with Crippen LogP contribution in [-0.2, 0) is 4.79 Å². The van der Waals surface area contributed by atoms with Gasteiger partial charge in [-0.25, -0.2) is 0 Å². The Labute approximate surface area is 119 Å². The third-order valence-corrected chi connectivity index (χ3v) is 7.28. The number of nitrogens with one attached hydrogen (secondary N) is 1. The van der Waals surface area contributed by atoms with Crippen molar-refractivity contribution in [3.63, 3.8) is 0 Å². The monoisotopic (exact) mass is 278 g/mol. The van der Waals surface area contributed by atoms with Gasteiger partial charge >= 0.3 is 0 Å². The molecule has 4 aliphatic carbocycles. The molecule has 5 atom stereocenters. The maximum atomic E-state index is 12.1. The van der Waals surface area contributed by atoms with Gasteiger partial charge in [-0.1, -0.05) is 18.7 Å². The van der Waals surface area contributed by atoms with Crippen LogP contribution >= 0.6 is 11.8 Å². The summed E-state index contributed by atoms with van der Waals surface area (Å²) in [6.45, 7) is 4.11. The lowest BCUT2D eigenvalue weighted by atomic mass is 9.81. The summed E-state index contributed by atoms with van der Waals surface area (Å²) >= 11 is 1.66. The second kappa shape index (κ2) is 3.78. The summed E-state index contributed by atoms with van der Waals surface area (Å²) in [6, 6.07) is 0. The third kappa shape index (κ3) is 1.65. The van der Waals surface area contributed by atoms with Crippen LogP contribution in [0.2, 0.25) is 0 Å². The van der Waals surface area contributed by atoms with Gasteiger partial charge in [0.2, 0.25) is 5.91 Å². The van der Waals surface area contributed by atoms with E-state index in [1.165, 1.54) is 32.1 Å². The summed E-state index contributed by atoms with van der Waals surface area (Å²) in [5, 5.41) is 3.94. The molecule has 1 aliphatic heterocycles.